The van der Waals surface area contributed by atoms with Gasteiger partial charge >= 0.3 is 0 Å². The lowest BCUT2D eigenvalue weighted by Gasteiger charge is -2.11. The lowest BCUT2D eigenvalue weighted by Crippen LogP contribution is -2.00. The van der Waals surface area contributed by atoms with Gasteiger partial charge < -0.3 is 0 Å². The van der Waals surface area contributed by atoms with Crippen molar-refractivity contribution in [3.05, 3.63) is 164 Å². The summed E-state index contributed by atoms with van der Waals surface area (Å²) in [6, 6.07) is 57.4. The highest BCUT2D eigenvalue weighted by atomic mass is 15.0. The number of fused-ring (bicyclic) bond motifs is 3. The van der Waals surface area contributed by atoms with Gasteiger partial charge in [-0.3, -0.25) is 0 Å². The molecular weight excluding hydrogens is 558 g/mol. The molecule has 0 fully saturated rings. The van der Waals surface area contributed by atoms with Crippen molar-refractivity contribution in [1.29, 1.82) is 0 Å². The van der Waals surface area contributed by atoms with E-state index in [0.29, 0.717) is 17.5 Å². The van der Waals surface area contributed by atoms with E-state index in [4.69, 9.17) is 15.0 Å². The molecule has 0 atom stereocenters. The highest BCUT2D eigenvalue weighted by Gasteiger charge is 2.23. The van der Waals surface area contributed by atoms with Gasteiger partial charge in [0, 0.05) is 16.7 Å². The minimum atomic E-state index is 0.650. The fraction of sp³-hybridized carbons (Fsp3) is 0. The monoisotopic (exact) mass is 585 g/mol. The van der Waals surface area contributed by atoms with E-state index in [1.807, 2.05) is 12.1 Å². The van der Waals surface area contributed by atoms with Crippen LogP contribution in [0.25, 0.3) is 89.4 Å². The molecule has 0 bridgehead atoms. The Morgan fingerprint density at radius 3 is 1.22 bits per heavy atom. The quantitative estimate of drug-likeness (QED) is 0.202. The molecule has 1 heterocycles. The van der Waals surface area contributed by atoms with E-state index in [1.165, 1.54) is 44.2 Å². The summed E-state index contributed by atoms with van der Waals surface area (Å²) in [5.41, 5.74) is 12.6. The van der Waals surface area contributed by atoms with Crippen LogP contribution in [-0.4, -0.2) is 15.0 Å². The van der Waals surface area contributed by atoms with E-state index >= 15 is 0 Å². The molecular formula is C43H27N3. The average molecular weight is 586 g/mol. The second kappa shape index (κ2) is 10.8. The number of benzene rings is 7. The third kappa shape index (κ3) is 4.49. The topological polar surface area (TPSA) is 38.7 Å². The zero-order valence-electron chi connectivity index (χ0n) is 24.9. The molecule has 0 unspecified atom stereocenters. The zero-order valence-corrected chi connectivity index (χ0v) is 24.9. The Labute approximate surface area is 267 Å². The van der Waals surface area contributed by atoms with Gasteiger partial charge in [0.15, 0.2) is 17.5 Å². The van der Waals surface area contributed by atoms with Crippen LogP contribution < -0.4 is 0 Å². The molecule has 9 rings (SSSR count). The summed E-state index contributed by atoms with van der Waals surface area (Å²) < 4.78 is 0. The Morgan fingerprint density at radius 2 is 0.674 bits per heavy atom. The number of aromatic nitrogens is 3. The van der Waals surface area contributed by atoms with Gasteiger partial charge in [-0.05, 0) is 67.4 Å². The minimum Gasteiger partial charge on any atom is -0.208 e. The van der Waals surface area contributed by atoms with E-state index in [9.17, 15) is 0 Å². The van der Waals surface area contributed by atoms with Crippen molar-refractivity contribution in [3.63, 3.8) is 0 Å². The molecule has 0 spiro atoms. The van der Waals surface area contributed by atoms with E-state index in [-0.39, 0.29) is 0 Å². The van der Waals surface area contributed by atoms with Crippen LogP contribution in [-0.2, 0) is 0 Å². The number of nitrogens with zero attached hydrogens (tertiary/aromatic N) is 3. The molecule has 0 saturated heterocycles. The van der Waals surface area contributed by atoms with Crippen molar-refractivity contribution in [2.75, 3.05) is 0 Å². The summed E-state index contributed by atoms with van der Waals surface area (Å²) in [5.74, 6) is 1.96. The molecule has 3 nitrogen and oxygen atoms in total. The standard InChI is InChI=1S/C43H27N3/c1-3-10-28(11-4-1)30-18-22-32(23-19-30)41-44-42(33-24-20-31(21-25-33)29-12-5-2-6-13-29)46-43(45-41)35-26-34-14-9-17-38-36-15-7-8-16-37(36)39(27-35)40(34)38/h1-27H. The van der Waals surface area contributed by atoms with Crippen molar-refractivity contribution in [2.24, 2.45) is 0 Å². The Hall–Kier alpha value is -6.19. The normalized spacial score (nSPS) is 11.5. The summed E-state index contributed by atoms with van der Waals surface area (Å²) in [7, 11) is 0. The van der Waals surface area contributed by atoms with Crippen LogP contribution in [0, 0.1) is 0 Å². The highest BCUT2D eigenvalue weighted by molar-refractivity contribution is 6.16. The molecule has 214 valence electrons. The lowest BCUT2D eigenvalue weighted by molar-refractivity contribution is 1.07. The smallest absolute Gasteiger partial charge is 0.164 e. The van der Waals surface area contributed by atoms with E-state index in [0.717, 1.165) is 27.8 Å². The van der Waals surface area contributed by atoms with E-state index < -0.39 is 0 Å². The first kappa shape index (κ1) is 26.2. The van der Waals surface area contributed by atoms with Gasteiger partial charge in [0.2, 0.25) is 0 Å². The summed E-state index contributed by atoms with van der Waals surface area (Å²) in [6.45, 7) is 0. The van der Waals surface area contributed by atoms with Crippen molar-refractivity contribution in [2.45, 2.75) is 0 Å². The molecule has 8 aromatic rings. The molecule has 0 amide bonds. The first-order valence-electron chi connectivity index (χ1n) is 15.5. The van der Waals surface area contributed by atoms with Crippen molar-refractivity contribution >= 4 is 10.8 Å². The first-order valence-corrected chi connectivity index (χ1v) is 15.5. The Kier molecular flexibility index (Phi) is 6.14. The molecule has 1 aliphatic rings. The fourth-order valence-electron chi connectivity index (χ4n) is 6.59. The number of hydrogen-bond donors (Lipinski definition) is 0. The van der Waals surface area contributed by atoms with Gasteiger partial charge in [0.05, 0.1) is 0 Å². The maximum atomic E-state index is 5.10. The fourth-order valence-corrected chi connectivity index (χ4v) is 6.59. The van der Waals surface area contributed by atoms with Gasteiger partial charge in [-0.25, -0.2) is 15.0 Å². The number of hydrogen-bond acceptors (Lipinski definition) is 3. The SMILES string of the molecule is c1ccc(-c2ccc(-c3nc(-c4ccc(-c5ccccc5)cc4)nc(-c4cc5c6c(cccc6c4)-c4ccccc4-5)n3)cc2)cc1. The molecule has 1 aliphatic carbocycles. The Bertz CT molecular complexity index is 2280. The van der Waals surface area contributed by atoms with Crippen molar-refractivity contribution in [3.8, 4) is 78.7 Å². The van der Waals surface area contributed by atoms with E-state index in [1.54, 1.807) is 0 Å². The highest BCUT2D eigenvalue weighted by Crippen LogP contribution is 2.48. The molecule has 46 heavy (non-hydrogen) atoms. The second-order valence-electron chi connectivity index (χ2n) is 11.7. The zero-order chi connectivity index (χ0) is 30.5. The largest absolute Gasteiger partial charge is 0.208 e. The minimum absolute atomic E-state index is 0.650. The summed E-state index contributed by atoms with van der Waals surface area (Å²) in [4.78, 5) is 15.2. The van der Waals surface area contributed by atoms with Gasteiger partial charge in [-0.2, -0.15) is 0 Å². The maximum absolute atomic E-state index is 5.10. The molecule has 7 aromatic carbocycles. The maximum Gasteiger partial charge on any atom is 0.164 e. The van der Waals surface area contributed by atoms with Crippen LogP contribution in [0.15, 0.2) is 164 Å². The summed E-state index contributed by atoms with van der Waals surface area (Å²) in [6.07, 6.45) is 0. The number of rotatable bonds is 5. The lowest BCUT2D eigenvalue weighted by atomic mass is 9.99. The predicted molar refractivity (Wildman–Crippen MR) is 189 cm³/mol. The molecule has 0 N–H and O–H groups in total. The average Bonchev–Trinajstić information content (AvgIpc) is 3.47. The van der Waals surface area contributed by atoms with Crippen molar-refractivity contribution < 1.29 is 0 Å². The molecule has 0 aliphatic heterocycles. The van der Waals surface area contributed by atoms with Crippen LogP contribution in [0.3, 0.4) is 0 Å². The summed E-state index contributed by atoms with van der Waals surface area (Å²) in [5, 5.41) is 2.47. The Balaban J connectivity index is 1.20. The molecule has 1 aromatic heterocycles. The van der Waals surface area contributed by atoms with Crippen LogP contribution >= 0.6 is 0 Å². The Morgan fingerprint density at radius 1 is 0.261 bits per heavy atom. The first-order chi connectivity index (χ1) is 22.8. The van der Waals surface area contributed by atoms with E-state index in [2.05, 4.69) is 152 Å². The van der Waals surface area contributed by atoms with Gasteiger partial charge in [-0.15, -0.1) is 0 Å². The van der Waals surface area contributed by atoms with Crippen LogP contribution in [0.4, 0.5) is 0 Å². The third-order valence-electron chi connectivity index (χ3n) is 8.88. The summed E-state index contributed by atoms with van der Waals surface area (Å²) >= 11 is 0. The van der Waals surface area contributed by atoms with Gasteiger partial charge in [-0.1, -0.05) is 152 Å². The van der Waals surface area contributed by atoms with Gasteiger partial charge in [0.1, 0.15) is 0 Å². The van der Waals surface area contributed by atoms with Crippen LogP contribution in [0.2, 0.25) is 0 Å². The van der Waals surface area contributed by atoms with Crippen molar-refractivity contribution in [1.82, 2.24) is 15.0 Å². The molecule has 0 radical (unpaired) electrons. The van der Waals surface area contributed by atoms with Crippen LogP contribution in [0.5, 0.6) is 0 Å². The molecule has 3 heteroatoms. The molecule has 0 saturated carbocycles. The second-order valence-corrected chi connectivity index (χ2v) is 11.7. The van der Waals surface area contributed by atoms with Crippen LogP contribution in [0.1, 0.15) is 0 Å². The predicted octanol–water partition coefficient (Wildman–Crippen LogP) is 11.0. The third-order valence-corrected chi connectivity index (χ3v) is 8.88. The van der Waals surface area contributed by atoms with Gasteiger partial charge in [0.25, 0.3) is 0 Å².